The van der Waals surface area contributed by atoms with Crippen molar-refractivity contribution in [2.24, 2.45) is 0 Å². The van der Waals surface area contributed by atoms with Crippen LogP contribution in [0.3, 0.4) is 0 Å². The van der Waals surface area contributed by atoms with E-state index in [0.717, 1.165) is 16.9 Å². The standard InChI is InChI=1S/C16H14O3S/c1-2-13-11-14(15(20-13)16(17)18)19-10-6-9-12-7-4-3-5-8-12/h3-5,7-8,11H,2,10H2,1H3,(H,17,18). The van der Waals surface area contributed by atoms with Crippen molar-refractivity contribution in [2.75, 3.05) is 6.61 Å². The average Bonchev–Trinajstić information content (AvgIpc) is 2.88. The van der Waals surface area contributed by atoms with Crippen molar-refractivity contribution in [1.29, 1.82) is 0 Å². The highest BCUT2D eigenvalue weighted by Crippen LogP contribution is 2.29. The summed E-state index contributed by atoms with van der Waals surface area (Å²) in [5, 5.41) is 9.10. The molecule has 0 saturated carbocycles. The number of aryl methyl sites for hydroxylation is 1. The Morgan fingerprint density at radius 3 is 2.75 bits per heavy atom. The molecule has 0 amide bonds. The second-order valence-electron chi connectivity index (χ2n) is 4.02. The minimum Gasteiger partial charge on any atom is -0.479 e. The molecule has 0 saturated heterocycles. The van der Waals surface area contributed by atoms with E-state index in [2.05, 4.69) is 11.8 Å². The van der Waals surface area contributed by atoms with Crippen LogP contribution in [0, 0.1) is 11.8 Å². The highest BCUT2D eigenvalue weighted by Gasteiger charge is 2.15. The van der Waals surface area contributed by atoms with Gasteiger partial charge in [-0.1, -0.05) is 37.0 Å². The van der Waals surface area contributed by atoms with Crippen molar-refractivity contribution >= 4 is 17.3 Å². The van der Waals surface area contributed by atoms with Gasteiger partial charge < -0.3 is 9.84 Å². The summed E-state index contributed by atoms with van der Waals surface area (Å²) in [6, 6.07) is 11.4. The van der Waals surface area contributed by atoms with Gasteiger partial charge in [0.05, 0.1) is 0 Å². The Hall–Kier alpha value is -2.25. The maximum Gasteiger partial charge on any atom is 0.349 e. The molecule has 0 radical (unpaired) electrons. The molecule has 2 rings (SSSR count). The summed E-state index contributed by atoms with van der Waals surface area (Å²) < 4.78 is 5.46. The fourth-order valence-electron chi connectivity index (χ4n) is 1.63. The van der Waals surface area contributed by atoms with Crippen LogP contribution in [-0.4, -0.2) is 17.7 Å². The molecule has 20 heavy (non-hydrogen) atoms. The van der Waals surface area contributed by atoms with Gasteiger partial charge in [-0.25, -0.2) is 4.79 Å². The molecule has 102 valence electrons. The molecular formula is C16H14O3S. The number of ether oxygens (including phenoxy) is 1. The SMILES string of the molecule is CCc1cc(OCC#Cc2ccccc2)c(C(=O)O)s1. The fourth-order valence-corrected chi connectivity index (χ4v) is 2.50. The van der Waals surface area contributed by atoms with Crippen LogP contribution in [0.1, 0.15) is 27.0 Å². The van der Waals surface area contributed by atoms with Crippen LogP contribution in [0.4, 0.5) is 0 Å². The Bertz CT molecular complexity index is 647. The van der Waals surface area contributed by atoms with Gasteiger partial charge >= 0.3 is 5.97 Å². The summed E-state index contributed by atoms with van der Waals surface area (Å²) in [7, 11) is 0. The monoisotopic (exact) mass is 286 g/mol. The zero-order valence-electron chi connectivity index (χ0n) is 11.1. The first kappa shape index (κ1) is 14.2. The molecule has 1 aromatic carbocycles. The van der Waals surface area contributed by atoms with Gasteiger partial charge in [0.1, 0.15) is 12.4 Å². The van der Waals surface area contributed by atoms with E-state index in [1.807, 2.05) is 37.3 Å². The molecule has 0 fully saturated rings. The van der Waals surface area contributed by atoms with Gasteiger partial charge in [0.25, 0.3) is 0 Å². The summed E-state index contributed by atoms with van der Waals surface area (Å²) in [6.45, 7) is 2.16. The van der Waals surface area contributed by atoms with E-state index in [4.69, 9.17) is 9.84 Å². The van der Waals surface area contributed by atoms with Crippen molar-refractivity contribution in [2.45, 2.75) is 13.3 Å². The minimum atomic E-state index is -0.958. The lowest BCUT2D eigenvalue weighted by atomic mass is 10.2. The van der Waals surface area contributed by atoms with Crippen LogP contribution in [0.2, 0.25) is 0 Å². The highest BCUT2D eigenvalue weighted by atomic mass is 32.1. The second-order valence-corrected chi connectivity index (χ2v) is 5.16. The van der Waals surface area contributed by atoms with Gasteiger partial charge in [-0.05, 0) is 24.6 Å². The third-order valence-corrected chi connectivity index (χ3v) is 3.85. The summed E-state index contributed by atoms with van der Waals surface area (Å²) in [4.78, 5) is 12.3. The zero-order valence-corrected chi connectivity index (χ0v) is 11.9. The molecule has 0 spiro atoms. The van der Waals surface area contributed by atoms with Crippen LogP contribution in [0.25, 0.3) is 0 Å². The quantitative estimate of drug-likeness (QED) is 0.876. The number of benzene rings is 1. The lowest BCUT2D eigenvalue weighted by Gasteiger charge is -1.99. The van der Waals surface area contributed by atoms with Gasteiger partial charge in [0, 0.05) is 10.4 Å². The first-order chi connectivity index (χ1) is 9.70. The fraction of sp³-hybridized carbons (Fsp3) is 0.188. The molecule has 0 aliphatic rings. The summed E-state index contributed by atoms with van der Waals surface area (Å²) in [5.74, 6) is 5.30. The molecular weight excluding hydrogens is 272 g/mol. The van der Waals surface area contributed by atoms with Crippen LogP contribution in [0.15, 0.2) is 36.4 Å². The molecule has 0 bridgehead atoms. The highest BCUT2D eigenvalue weighted by molar-refractivity contribution is 7.14. The molecule has 0 atom stereocenters. The van der Waals surface area contributed by atoms with E-state index in [0.29, 0.717) is 5.75 Å². The van der Waals surface area contributed by atoms with Crippen molar-refractivity contribution in [1.82, 2.24) is 0 Å². The predicted octanol–water partition coefficient (Wildman–Crippen LogP) is 3.44. The topological polar surface area (TPSA) is 46.5 Å². The van der Waals surface area contributed by atoms with E-state index in [1.54, 1.807) is 6.07 Å². The molecule has 2 aromatic rings. The predicted molar refractivity (Wildman–Crippen MR) is 79.5 cm³/mol. The number of aromatic carboxylic acids is 1. The molecule has 0 aliphatic carbocycles. The molecule has 3 nitrogen and oxygen atoms in total. The number of hydrogen-bond acceptors (Lipinski definition) is 3. The largest absolute Gasteiger partial charge is 0.479 e. The minimum absolute atomic E-state index is 0.176. The Kier molecular flexibility index (Phi) is 4.80. The molecule has 4 heteroatoms. The summed E-state index contributed by atoms with van der Waals surface area (Å²) in [6.07, 6.45) is 0.796. The molecule has 1 N–H and O–H groups in total. The third kappa shape index (κ3) is 3.62. The Morgan fingerprint density at radius 1 is 1.35 bits per heavy atom. The average molecular weight is 286 g/mol. The maximum atomic E-state index is 11.1. The molecule has 0 aliphatic heterocycles. The maximum absolute atomic E-state index is 11.1. The lowest BCUT2D eigenvalue weighted by Crippen LogP contribution is -1.99. The van der Waals surface area contributed by atoms with E-state index < -0.39 is 5.97 Å². The normalized spacial score (nSPS) is 9.65. The number of hydrogen-bond donors (Lipinski definition) is 1. The zero-order chi connectivity index (χ0) is 14.4. The van der Waals surface area contributed by atoms with E-state index in [-0.39, 0.29) is 11.5 Å². The van der Waals surface area contributed by atoms with Crippen molar-refractivity contribution in [3.05, 3.63) is 51.7 Å². The molecule has 0 unspecified atom stereocenters. The lowest BCUT2D eigenvalue weighted by molar-refractivity contribution is 0.0698. The number of carboxylic acids is 1. The number of carboxylic acid groups (broad SMARTS) is 1. The van der Waals surface area contributed by atoms with Gasteiger partial charge in [0.2, 0.25) is 0 Å². The van der Waals surface area contributed by atoms with E-state index >= 15 is 0 Å². The van der Waals surface area contributed by atoms with Crippen molar-refractivity contribution < 1.29 is 14.6 Å². The number of thiophene rings is 1. The van der Waals surface area contributed by atoms with Gasteiger partial charge in [0.15, 0.2) is 4.88 Å². The summed E-state index contributed by atoms with van der Waals surface area (Å²) in [5.41, 5.74) is 0.911. The smallest absolute Gasteiger partial charge is 0.349 e. The van der Waals surface area contributed by atoms with Crippen molar-refractivity contribution in [3.8, 4) is 17.6 Å². The van der Waals surface area contributed by atoms with Gasteiger partial charge in [-0.3, -0.25) is 0 Å². The van der Waals surface area contributed by atoms with Gasteiger partial charge in [-0.2, -0.15) is 0 Å². The van der Waals surface area contributed by atoms with E-state index in [1.165, 1.54) is 11.3 Å². The first-order valence-corrected chi connectivity index (χ1v) is 7.05. The Morgan fingerprint density at radius 2 is 2.10 bits per heavy atom. The van der Waals surface area contributed by atoms with E-state index in [9.17, 15) is 4.79 Å². The Balaban J connectivity index is 2.03. The third-order valence-electron chi connectivity index (χ3n) is 2.60. The van der Waals surface area contributed by atoms with Crippen molar-refractivity contribution in [3.63, 3.8) is 0 Å². The Labute approximate surface area is 121 Å². The molecule has 1 heterocycles. The van der Waals surface area contributed by atoms with Crippen LogP contribution < -0.4 is 4.74 Å². The van der Waals surface area contributed by atoms with Gasteiger partial charge in [-0.15, -0.1) is 11.3 Å². The molecule has 1 aromatic heterocycles. The summed E-state index contributed by atoms with van der Waals surface area (Å²) >= 11 is 1.25. The van der Waals surface area contributed by atoms with Crippen LogP contribution >= 0.6 is 11.3 Å². The number of carbonyl (C=O) groups is 1. The number of rotatable bonds is 4. The first-order valence-electron chi connectivity index (χ1n) is 6.23. The second kappa shape index (κ2) is 6.78. The van der Waals surface area contributed by atoms with Crippen LogP contribution in [0.5, 0.6) is 5.75 Å². The van der Waals surface area contributed by atoms with Crippen LogP contribution in [-0.2, 0) is 6.42 Å².